The van der Waals surface area contributed by atoms with Crippen LogP contribution in [0.1, 0.15) is 28.5 Å². The molecule has 1 unspecified atom stereocenters. The van der Waals surface area contributed by atoms with Gasteiger partial charge in [0.25, 0.3) is 0 Å². The molecule has 0 saturated carbocycles. The van der Waals surface area contributed by atoms with Gasteiger partial charge in [0.2, 0.25) is 0 Å². The van der Waals surface area contributed by atoms with Gasteiger partial charge in [-0.05, 0) is 26.0 Å². The molecule has 114 valence electrons. The van der Waals surface area contributed by atoms with Crippen molar-refractivity contribution in [1.29, 1.82) is 0 Å². The maximum absolute atomic E-state index is 10.3. The maximum atomic E-state index is 10.3. The number of hydrogen-bond donors (Lipinski definition) is 2. The first-order valence-corrected chi connectivity index (χ1v) is 7.03. The smallest absolute Gasteiger partial charge is 0.124 e. The van der Waals surface area contributed by atoms with Gasteiger partial charge in [0.05, 0.1) is 18.9 Å². The molecule has 0 aliphatic carbocycles. The average Bonchev–Trinajstić information content (AvgIpc) is 2.77. The van der Waals surface area contributed by atoms with Crippen molar-refractivity contribution in [3.63, 3.8) is 0 Å². The lowest BCUT2D eigenvalue weighted by molar-refractivity contribution is 0.170. The highest BCUT2D eigenvalue weighted by molar-refractivity contribution is 5.38. The predicted molar refractivity (Wildman–Crippen MR) is 82.3 cm³/mol. The Morgan fingerprint density at radius 1 is 1.38 bits per heavy atom. The first-order valence-electron chi connectivity index (χ1n) is 7.03. The Morgan fingerprint density at radius 2 is 2.14 bits per heavy atom. The number of aliphatic hydroxyl groups is 1. The zero-order valence-corrected chi connectivity index (χ0v) is 13.1. The second-order valence-corrected chi connectivity index (χ2v) is 5.31. The number of nitrogens with one attached hydrogen (secondary N) is 1. The second kappa shape index (κ2) is 6.74. The average molecular weight is 289 g/mol. The second-order valence-electron chi connectivity index (χ2n) is 5.31. The van der Waals surface area contributed by atoms with E-state index in [1.807, 2.05) is 45.3 Å². The van der Waals surface area contributed by atoms with Crippen molar-refractivity contribution in [3.05, 3.63) is 46.8 Å². The predicted octanol–water partition coefficient (Wildman–Crippen LogP) is 1.87. The monoisotopic (exact) mass is 289 g/mol. The van der Waals surface area contributed by atoms with Gasteiger partial charge in [-0.3, -0.25) is 4.68 Å². The van der Waals surface area contributed by atoms with Crippen molar-refractivity contribution in [2.45, 2.75) is 26.5 Å². The van der Waals surface area contributed by atoms with Gasteiger partial charge in [-0.15, -0.1) is 0 Å². The highest BCUT2D eigenvalue weighted by Gasteiger charge is 2.13. The molecule has 1 atom stereocenters. The molecule has 1 heterocycles. The van der Waals surface area contributed by atoms with Gasteiger partial charge in [0, 0.05) is 37.5 Å². The highest BCUT2D eigenvalue weighted by atomic mass is 16.5. The molecule has 5 heteroatoms. The fourth-order valence-electron chi connectivity index (χ4n) is 2.39. The molecule has 0 aliphatic rings. The zero-order valence-electron chi connectivity index (χ0n) is 13.1. The quantitative estimate of drug-likeness (QED) is 0.852. The number of rotatable bonds is 6. The number of aliphatic hydroxyl groups excluding tert-OH is 1. The summed E-state index contributed by atoms with van der Waals surface area (Å²) in [7, 11) is 3.52. The van der Waals surface area contributed by atoms with Crippen molar-refractivity contribution in [3.8, 4) is 5.75 Å². The first-order chi connectivity index (χ1) is 10.0. The Bertz CT molecular complexity index is 608. The number of aryl methyl sites for hydroxylation is 3. The Kier molecular flexibility index (Phi) is 4.98. The first kappa shape index (κ1) is 15.5. The van der Waals surface area contributed by atoms with Gasteiger partial charge in [-0.1, -0.05) is 11.6 Å². The molecule has 1 aromatic carbocycles. The van der Waals surface area contributed by atoms with Gasteiger partial charge in [0.15, 0.2) is 0 Å². The molecule has 2 aromatic rings. The van der Waals surface area contributed by atoms with E-state index < -0.39 is 6.10 Å². The van der Waals surface area contributed by atoms with E-state index in [0.717, 1.165) is 22.4 Å². The molecule has 2 N–H and O–H groups in total. The van der Waals surface area contributed by atoms with Crippen LogP contribution in [0.3, 0.4) is 0 Å². The largest absolute Gasteiger partial charge is 0.496 e. The summed E-state index contributed by atoms with van der Waals surface area (Å²) < 4.78 is 7.11. The van der Waals surface area contributed by atoms with E-state index >= 15 is 0 Å². The van der Waals surface area contributed by atoms with Crippen molar-refractivity contribution in [1.82, 2.24) is 15.1 Å². The molecule has 0 bridgehead atoms. The Balaban J connectivity index is 1.97. The molecule has 0 saturated heterocycles. The molecule has 5 nitrogen and oxygen atoms in total. The van der Waals surface area contributed by atoms with Gasteiger partial charge >= 0.3 is 0 Å². The van der Waals surface area contributed by atoms with E-state index in [4.69, 9.17) is 4.74 Å². The van der Waals surface area contributed by atoms with E-state index in [-0.39, 0.29) is 0 Å². The fraction of sp³-hybridized carbons (Fsp3) is 0.438. The minimum Gasteiger partial charge on any atom is -0.496 e. The summed E-state index contributed by atoms with van der Waals surface area (Å²) in [5, 5.41) is 17.9. The zero-order chi connectivity index (χ0) is 15.4. The molecule has 0 aliphatic heterocycles. The van der Waals surface area contributed by atoms with E-state index in [9.17, 15) is 5.11 Å². The molecule has 2 rings (SSSR count). The maximum Gasteiger partial charge on any atom is 0.124 e. The third-order valence-corrected chi connectivity index (χ3v) is 3.51. The molecule has 1 aromatic heterocycles. The number of benzene rings is 1. The SMILES string of the molecule is COc1ccc(C)cc1C(O)CNCc1cn(C)nc1C. The van der Waals surface area contributed by atoms with Gasteiger partial charge < -0.3 is 15.2 Å². The van der Waals surface area contributed by atoms with Crippen LogP contribution < -0.4 is 10.1 Å². The third kappa shape index (κ3) is 3.83. The minimum atomic E-state index is -0.600. The summed E-state index contributed by atoms with van der Waals surface area (Å²) in [6.07, 6.45) is 1.39. The summed E-state index contributed by atoms with van der Waals surface area (Å²) in [6.45, 7) is 5.14. The highest BCUT2D eigenvalue weighted by Crippen LogP contribution is 2.25. The third-order valence-electron chi connectivity index (χ3n) is 3.51. The van der Waals surface area contributed by atoms with Gasteiger partial charge in [-0.25, -0.2) is 0 Å². The van der Waals surface area contributed by atoms with Crippen LogP contribution in [-0.4, -0.2) is 28.5 Å². The number of aromatic nitrogens is 2. The van der Waals surface area contributed by atoms with Crippen LogP contribution in [0, 0.1) is 13.8 Å². The van der Waals surface area contributed by atoms with Gasteiger partial charge in [0.1, 0.15) is 5.75 Å². The molecule has 21 heavy (non-hydrogen) atoms. The van der Waals surface area contributed by atoms with Crippen LogP contribution in [-0.2, 0) is 13.6 Å². The summed E-state index contributed by atoms with van der Waals surface area (Å²) >= 11 is 0. The molecular formula is C16H23N3O2. The van der Waals surface area contributed by atoms with Crippen molar-refractivity contribution in [2.24, 2.45) is 7.05 Å². The number of hydrogen-bond acceptors (Lipinski definition) is 4. The molecule has 0 amide bonds. The summed E-state index contributed by atoms with van der Waals surface area (Å²) in [6, 6.07) is 5.82. The Hall–Kier alpha value is -1.85. The number of methoxy groups -OCH3 is 1. The van der Waals surface area contributed by atoms with E-state index in [1.54, 1.807) is 11.8 Å². The van der Waals surface area contributed by atoms with Crippen molar-refractivity contribution < 1.29 is 9.84 Å². The van der Waals surface area contributed by atoms with Crippen LogP contribution in [0.4, 0.5) is 0 Å². The standard InChI is InChI=1S/C16H23N3O2/c1-11-5-6-16(21-4)14(7-11)15(20)9-17-8-13-10-19(3)18-12(13)2/h5-7,10,15,17,20H,8-9H2,1-4H3. The van der Waals surface area contributed by atoms with Crippen molar-refractivity contribution in [2.75, 3.05) is 13.7 Å². The topological polar surface area (TPSA) is 59.3 Å². The van der Waals surface area contributed by atoms with Crippen LogP contribution >= 0.6 is 0 Å². The van der Waals surface area contributed by atoms with Crippen LogP contribution in [0.2, 0.25) is 0 Å². The van der Waals surface area contributed by atoms with Crippen LogP contribution in [0.25, 0.3) is 0 Å². The molecular weight excluding hydrogens is 266 g/mol. The number of ether oxygens (including phenoxy) is 1. The lowest BCUT2D eigenvalue weighted by Crippen LogP contribution is -2.21. The van der Waals surface area contributed by atoms with E-state index in [2.05, 4.69) is 10.4 Å². The summed E-state index contributed by atoms with van der Waals surface area (Å²) in [5.74, 6) is 0.715. The Morgan fingerprint density at radius 3 is 2.76 bits per heavy atom. The van der Waals surface area contributed by atoms with E-state index in [0.29, 0.717) is 18.8 Å². The minimum absolute atomic E-state index is 0.466. The van der Waals surface area contributed by atoms with E-state index in [1.165, 1.54) is 0 Å². The lowest BCUT2D eigenvalue weighted by Gasteiger charge is -2.16. The molecule has 0 fully saturated rings. The van der Waals surface area contributed by atoms with Gasteiger partial charge in [-0.2, -0.15) is 5.10 Å². The normalized spacial score (nSPS) is 12.4. The number of nitrogens with zero attached hydrogens (tertiary/aromatic N) is 2. The summed E-state index contributed by atoms with van der Waals surface area (Å²) in [4.78, 5) is 0. The Labute approximate surface area is 125 Å². The lowest BCUT2D eigenvalue weighted by atomic mass is 10.1. The van der Waals surface area contributed by atoms with Crippen molar-refractivity contribution >= 4 is 0 Å². The molecule has 0 spiro atoms. The van der Waals surface area contributed by atoms with Crippen LogP contribution in [0.15, 0.2) is 24.4 Å². The summed E-state index contributed by atoms with van der Waals surface area (Å²) in [5.41, 5.74) is 4.06. The fourth-order valence-corrected chi connectivity index (χ4v) is 2.39. The van der Waals surface area contributed by atoms with Crippen LogP contribution in [0.5, 0.6) is 5.75 Å². The molecule has 0 radical (unpaired) electrons.